The summed E-state index contributed by atoms with van der Waals surface area (Å²) in [7, 11) is 4.29. The topological polar surface area (TPSA) is 28.2 Å². The van der Waals surface area contributed by atoms with Crippen LogP contribution in [0.2, 0.25) is 0 Å². The smallest absolute Gasteiger partial charge is 0.0795 e. The molecular weight excluding hydrogens is 218 g/mol. The van der Waals surface area contributed by atoms with E-state index in [1.165, 1.54) is 31.5 Å². The van der Waals surface area contributed by atoms with Crippen LogP contribution in [-0.4, -0.2) is 36.6 Å². The standard InChI is InChI=1S/C12H21N3S/c1-13-12-5-3-4-10(12)6-15(2)7-11-8-16-9-14-11/h8-10,12-13H,3-7H2,1-2H3. The third kappa shape index (κ3) is 3.03. The summed E-state index contributed by atoms with van der Waals surface area (Å²) in [6, 6.07) is 0.720. The van der Waals surface area contributed by atoms with E-state index in [0.29, 0.717) is 0 Å². The van der Waals surface area contributed by atoms with E-state index in [4.69, 9.17) is 0 Å². The van der Waals surface area contributed by atoms with Crippen molar-refractivity contribution in [1.82, 2.24) is 15.2 Å². The molecule has 1 aliphatic rings. The molecule has 1 aromatic heterocycles. The molecular formula is C12H21N3S. The van der Waals surface area contributed by atoms with E-state index in [1.807, 2.05) is 5.51 Å². The molecule has 0 amide bonds. The Balaban J connectivity index is 1.80. The van der Waals surface area contributed by atoms with Crippen molar-refractivity contribution in [2.45, 2.75) is 31.8 Å². The lowest BCUT2D eigenvalue weighted by atomic mass is 10.0. The maximum Gasteiger partial charge on any atom is 0.0795 e. The zero-order valence-electron chi connectivity index (χ0n) is 10.1. The second kappa shape index (κ2) is 5.75. The van der Waals surface area contributed by atoms with E-state index in [0.717, 1.165) is 18.5 Å². The first-order chi connectivity index (χ1) is 7.79. The van der Waals surface area contributed by atoms with Crippen LogP contribution in [0.15, 0.2) is 10.9 Å². The van der Waals surface area contributed by atoms with Gasteiger partial charge in [0.15, 0.2) is 0 Å². The predicted molar refractivity (Wildman–Crippen MR) is 68.6 cm³/mol. The maximum atomic E-state index is 4.33. The Bertz CT molecular complexity index is 299. The molecule has 0 bridgehead atoms. The molecule has 3 nitrogen and oxygen atoms in total. The van der Waals surface area contributed by atoms with Gasteiger partial charge in [0.25, 0.3) is 0 Å². The molecule has 16 heavy (non-hydrogen) atoms. The first kappa shape index (κ1) is 12.0. The number of hydrogen-bond donors (Lipinski definition) is 1. The van der Waals surface area contributed by atoms with Crippen LogP contribution >= 0.6 is 11.3 Å². The molecule has 1 N–H and O–H groups in total. The van der Waals surface area contributed by atoms with E-state index in [2.05, 4.69) is 34.7 Å². The first-order valence-electron chi connectivity index (χ1n) is 6.02. The lowest BCUT2D eigenvalue weighted by Crippen LogP contribution is -2.36. The van der Waals surface area contributed by atoms with E-state index in [1.54, 1.807) is 11.3 Å². The van der Waals surface area contributed by atoms with Gasteiger partial charge in [-0.2, -0.15) is 0 Å². The van der Waals surface area contributed by atoms with Gasteiger partial charge < -0.3 is 10.2 Å². The van der Waals surface area contributed by atoms with Crippen molar-refractivity contribution in [2.24, 2.45) is 5.92 Å². The Hall–Kier alpha value is -0.450. The molecule has 0 saturated heterocycles. The average Bonchev–Trinajstić information content (AvgIpc) is 2.88. The van der Waals surface area contributed by atoms with Crippen molar-refractivity contribution in [3.8, 4) is 0 Å². The van der Waals surface area contributed by atoms with E-state index in [-0.39, 0.29) is 0 Å². The molecule has 0 spiro atoms. The molecule has 2 unspecified atom stereocenters. The van der Waals surface area contributed by atoms with Crippen LogP contribution in [0.1, 0.15) is 25.0 Å². The van der Waals surface area contributed by atoms with E-state index >= 15 is 0 Å². The van der Waals surface area contributed by atoms with Gasteiger partial charge in [-0.05, 0) is 32.9 Å². The first-order valence-corrected chi connectivity index (χ1v) is 6.96. The van der Waals surface area contributed by atoms with Crippen LogP contribution in [0.25, 0.3) is 0 Å². The minimum atomic E-state index is 0.720. The molecule has 1 aromatic rings. The average molecular weight is 239 g/mol. The van der Waals surface area contributed by atoms with Crippen molar-refractivity contribution in [1.29, 1.82) is 0 Å². The van der Waals surface area contributed by atoms with Crippen molar-refractivity contribution >= 4 is 11.3 Å². The van der Waals surface area contributed by atoms with E-state index < -0.39 is 0 Å². The highest BCUT2D eigenvalue weighted by Gasteiger charge is 2.26. The summed E-state index contributed by atoms with van der Waals surface area (Å²) in [6.45, 7) is 2.17. The zero-order chi connectivity index (χ0) is 11.4. The molecule has 4 heteroatoms. The minimum Gasteiger partial charge on any atom is -0.317 e. The number of nitrogens with zero attached hydrogens (tertiary/aromatic N) is 2. The van der Waals surface area contributed by atoms with Crippen LogP contribution < -0.4 is 5.32 Å². The summed E-state index contributed by atoms with van der Waals surface area (Å²) in [5.41, 5.74) is 3.11. The van der Waals surface area contributed by atoms with Gasteiger partial charge in [-0.25, -0.2) is 4.98 Å². The molecule has 2 rings (SSSR count). The fourth-order valence-electron chi connectivity index (χ4n) is 2.69. The van der Waals surface area contributed by atoms with Crippen molar-refractivity contribution < 1.29 is 0 Å². The third-order valence-corrected chi connectivity index (χ3v) is 4.13. The second-order valence-electron chi connectivity index (χ2n) is 4.76. The number of aromatic nitrogens is 1. The molecule has 1 fully saturated rings. The van der Waals surface area contributed by atoms with Gasteiger partial charge in [0.05, 0.1) is 11.2 Å². The van der Waals surface area contributed by atoms with Gasteiger partial charge in [-0.15, -0.1) is 11.3 Å². The highest BCUT2D eigenvalue weighted by Crippen LogP contribution is 2.26. The second-order valence-corrected chi connectivity index (χ2v) is 5.48. The monoisotopic (exact) mass is 239 g/mol. The van der Waals surface area contributed by atoms with Gasteiger partial charge in [0.2, 0.25) is 0 Å². The highest BCUT2D eigenvalue weighted by atomic mass is 32.1. The molecule has 0 aliphatic heterocycles. The quantitative estimate of drug-likeness (QED) is 0.851. The number of nitrogens with one attached hydrogen (secondary N) is 1. The van der Waals surface area contributed by atoms with Gasteiger partial charge in [-0.3, -0.25) is 0 Å². The molecule has 0 aromatic carbocycles. The van der Waals surface area contributed by atoms with Gasteiger partial charge >= 0.3 is 0 Å². The summed E-state index contributed by atoms with van der Waals surface area (Å²) >= 11 is 1.68. The Morgan fingerprint density at radius 1 is 1.56 bits per heavy atom. The summed E-state index contributed by atoms with van der Waals surface area (Å²) in [5, 5.41) is 5.58. The molecule has 2 atom stereocenters. The van der Waals surface area contributed by atoms with Crippen LogP contribution in [0.4, 0.5) is 0 Å². The third-order valence-electron chi connectivity index (χ3n) is 3.49. The van der Waals surface area contributed by atoms with Crippen molar-refractivity contribution in [3.63, 3.8) is 0 Å². The Morgan fingerprint density at radius 2 is 2.44 bits per heavy atom. The van der Waals surface area contributed by atoms with Crippen LogP contribution in [0.3, 0.4) is 0 Å². The molecule has 0 radical (unpaired) electrons. The Labute approximate surface area is 102 Å². The lowest BCUT2D eigenvalue weighted by molar-refractivity contribution is 0.247. The lowest BCUT2D eigenvalue weighted by Gasteiger charge is -2.24. The summed E-state index contributed by atoms with van der Waals surface area (Å²) < 4.78 is 0. The maximum absolute atomic E-state index is 4.33. The van der Waals surface area contributed by atoms with Gasteiger partial charge in [-0.1, -0.05) is 6.42 Å². The Kier molecular flexibility index (Phi) is 4.32. The highest BCUT2D eigenvalue weighted by molar-refractivity contribution is 7.07. The summed E-state index contributed by atoms with van der Waals surface area (Å²) in [4.78, 5) is 6.73. The van der Waals surface area contributed by atoms with Crippen LogP contribution in [0, 0.1) is 5.92 Å². The van der Waals surface area contributed by atoms with E-state index in [9.17, 15) is 0 Å². The summed E-state index contributed by atoms with van der Waals surface area (Å²) in [6.07, 6.45) is 4.08. The van der Waals surface area contributed by atoms with Crippen molar-refractivity contribution in [2.75, 3.05) is 20.6 Å². The SMILES string of the molecule is CNC1CCCC1CN(C)Cc1cscn1. The number of thiazole rings is 1. The fraction of sp³-hybridized carbons (Fsp3) is 0.750. The number of hydrogen-bond acceptors (Lipinski definition) is 4. The molecule has 1 aliphatic carbocycles. The molecule has 90 valence electrons. The minimum absolute atomic E-state index is 0.720. The normalized spacial score (nSPS) is 25.4. The summed E-state index contributed by atoms with van der Waals surface area (Å²) in [5.74, 6) is 0.814. The molecule has 1 heterocycles. The predicted octanol–water partition coefficient (Wildman–Crippen LogP) is 1.96. The van der Waals surface area contributed by atoms with Crippen LogP contribution in [-0.2, 0) is 6.54 Å². The van der Waals surface area contributed by atoms with Gasteiger partial charge in [0, 0.05) is 24.5 Å². The fourth-order valence-corrected chi connectivity index (χ4v) is 3.24. The largest absolute Gasteiger partial charge is 0.317 e. The number of rotatable bonds is 5. The van der Waals surface area contributed by atoms with Crippen LogP contribution in [0.5, 0.6) is 0 Å². The molecule has 1 saturated carbocycles. The Morgan fingerprint density at radius 3 is 3.12 bits per heavy atom. The van der Waals surface area contributed by atoms with Gasteiger partial charge in [0.1, 0.15) is 0 Å². The van der Waals surface area contributed by atoms with Crippen molar-refractivity contribution in [3.05, 3.63) is 16.6 Å². The zero-order valence-corrected chi connectivity index (χ0v) is 11.0.